The van der Waals surface area contributed by atoms with Gasteiger partial charge in [0.2, 0.25) is 0 Å². The first-order chi connectivity index (χ1) is 11.0. The Balaban J connectivity index is 1.55. The fourth-order valence-corrected chi connectivity index (χ4v) is 3.12. The first-order valence-electron chi connectivity index (χ1n) is 7.81. The zero-order chi connectivity index (χ0) is 16.3. The normalized spacial score (nSPS) is 17.3. The number of halogens is 3. The van der Waals surface area contributed by atoms with Gasteiger partial charge < -0.3 is 0 Å². The quantitative estimate of drug-likeness (QED) is 0.829. The number of hydrogen-bond donors (Lipinski definition) is 0. The lowest BCUT2D eigenvalue weighted by molar-refractivity contribution is -0.137. The number of aromatic nitrogens is 1. The molecule has 0 bridgehead atoms. The minimum atomic E-state index is -4.26. The van der Waals surface area contributed by atoms with Crippen molar-refractivity contribution in [1.29, 1.82) is 0 Å². The monoisotopic (exact) mass is 320 g/mol. The molecule has 1 aromatic carbocycles. The molecule has 2 nitrogen and oxygen atoms in total. The highest BCUT2D eigenvalue weighted by Crippen LogP contribution is 2.30. The summed E-state index contributed by atoms with van der Waals surface area (Å²) >= 11 is 0. The summed E-state index contributed by atoms with van der Waals surface area (Å²) in [5.41, 5.74) is 1.67. The third-order valence-electron chi connectivity index (χ3n) is 4.45. The highest BCUT2D eigenvalue weighted by atomic mass is 19.4. The summed E-state index contributed by atoms with van der Waals surface area (Å²) in [5.74, 6) is 0.557. The summed E-state index contributed by atoms with van der Waals surface area (Å²) in [5, 5.41) is 0. The minimum Gasteiger partial charge on any atom is -0.299 e. The second-order valence-corrected chi connectivity index (χ2v) is 6.03. The molecule has 1 aromatic heterocycles. The van der Waals surface area contributed by atoms with E-state index in [1.54, 1.807) is 12.1 Å². The molecule has 0 spiro atoms. The molecule has 0 atom stereocenters. The number of alkyl halides is 3. The summed E-state index contributed by atoms with van der Waals surface area (Å²) in [6.07, 6.45) is 1.53. The van der Waals surface area contributed by atoms with Crippen LogP contribution in [0.25, 0.3) is 0 Å². The maximum Gasteiger partial charge on any atom is 0.416 e. The molecule has 122 valence electrons. The topological polar surface area (TPSA) is 16.1 Å². The largest absolute Gasteiger partial charge is 0.416 e. The minimum absolute atomic E-state index is 0.557. The van der Waals surface area contributed by atoms with Crippen LogP contribution in [-0.2, 0) is 12.7 Å². The Morgan fingerprint density at radius 2 is 1.57 bits per heavy atom. The van der Waals surface area contributed by atoms with Gasteiger partial charge in [-0.05, 0) is 67.2 Å². The van der Waals surface area contributed by atoms with Gasteiger partial charge in [-0.15, -0.1) is 0 Å². The number of nitrogens with zero attached hydrogens (tertiary/aromatic N) is 2. The summed E-state index contributed by atoms with van der Waals surface area (Å²) in [7, 11) is 0. The Labute approximate surface area is 134 Å². The van der Waals surface area contributed by atoms with E-state index in [0.717, 1.165) is 31.5 Å². The van der Waals surface area contributed by atoms with E-state index < -0.39 is 11.7 Å². The molecule has 3 rings (SSSR count). The molecule has 0 N–H and O–H groups in total. The van der Waals surface area contributed by atoms with Crippen LogP contribution in [0.15, 0.2) is 48.8 Å². The van der Waals surface area contributed by atoms with Crippen molar-refractivity contribution in [2.24, 2.45) is 0 Å². The maximum absolute atomic E-state index is 12.6. The van der Waals surface area contributed by atoms with Crippen LogP contribution in [0.1, 0.15) is 35.4 Å². The van der Waals surface area contributed by atoms with Crippen LogP contribution in [0.4, 0.5) is 13.2 Å². The molecule has 5 heteroatoms. The van der Waals surface area contributed by atoms with E-state index in [4.69, 9.17) is 0 Å². The Hall–Kier alpha value is -1.88. The molecule has 1 fully saturated rings. The van der Waals surface area contributed by atoms with Gasteiger partial charge in [-0.2, -0.15) is 13.2 Å². The lowest BCUT2D eigenvalue weighted by Gasteiger charge is -2.32. The molecular formula is C18H19F3N2. The van der Waals surface area contributed by atoms with E-state index >= 15 is 0 Å². The van der Waals surface area contributed by atoms with Crippen molar-refractivity contribution >= 4 is 0 Å². The zero-order valence-corrected chi connectivity index (χ0v) is 12.8. The van der Waals surface area contributed by atoms with Gasteiger partial charge in [0.1, 0.15) is 0 Å². The number of rotatable bonds is 3. The number of likely N-dealkylation sites (tertiary alicyclic amines) is 1. The van der Waals surface area contributed by atoms with Crippen molar-refractivity contribution in [3.8, 4) is 0 Å². The average molecular weight is 320 g/mol. The molecule has 0 saturated carbocycles. The second kappa shape index (κ2) is 6.71. The molecule has 0 amide bonds. The molecule has 0 aliphatic carbocycles. The molecule has 0 unspecified atom stereocenters. The van der Waals surface area contributed by atoms with Crippen molar-refractivity contribution in [2.45, 2.75) is 31.5 Å². The predicted molar refractivity (Wildman–Crippen MR) is 82.9 cm³/mol. The van der Waals surface area contributed by atoms with Crippen molar-refractivity contribution in [3.05, 3.63) is 65.5 Å². The van der Waals surface area contributed by atoms with Crippen molar-refractivity contribution in [3.63, 3.8) is 0 Å². The van der Waals surface area contributed by atoms with Gasteiger partial charge >= 0.3 is 6.18 Å². The van der Waals surface area contributed by atoms with Gasteiger partial charge in [0.05, 0.1) is 5.56 Å². The first kappa shape index (κ1) is 16.0. The zero-order valence-electron chi connectivity index (χ0n) is 12.8. The first-order valence-corrected chi connectivity index (χ1v) is 7.81. The Kier molecular flexibility index (Phi) is 4.66. The van der Waals surface area contributed by atoms with Gasteiger partial charge in [-0.3, -0.25) is 9.88 Å². The van der Waals surface area contributed by atoms with Crippen LogP contribution in [-0.4, -0.2) is 23.0 Å². The van der Waals surface area contributed by atoms with Crippen LogP contribution < -0.4 is 0 Å². The smallest absolute Gasteiger partial charge is 0.299 e. The van der Waals surface area contributed by atoms with E-state index in [9.17, 15) is 13.2 Å². The predicted octanol–water partition coefficient (Wildman–Crippen LogP) is 4.48. The summed E-state index contributed by atoms with van der Waals surface area (Å²) in [6, 6.07) is 9.63. The van der Waals surface area contributed by atoms with Crippen molar-refractivity contribution < 1.29 is 13.2 Å². The lowest BCUT2D eigenvalue weighted by Crippen LogP contribution is -2.32. The number of benzene rings is 1. The van der Waals surface area contributed by atoms with E-state index in [2.05, 4.69) is 22.0 Å². The number of pyridine rings is 1. The van der Waals surface area contributed by atoms with Crippen LogP contribution >= 0.6 is 0 Å². The molecule has 1 saturated heterocycles. The summed E-state index contributed by atoms with van der Waals surface area (Å²) in [4.78, 5) is 6.35. The molecule has 2 aromatic rings. The molecular weight excluding hydrogens is 301 g/mol. The highest BCUT2D eigenvalue weighted by Gasteiger charge is 2.30. The van der Waals surface area contributed by atoms with Gasteiger partial charge in [0.15, 0.2) is 0 Å². The fraction of sp³-hybridized carbons (Fsp3) is 0.389. The molecule has 1 aliphatic rings. The highest BCUT2D eigenvalue weighted by molar-refractivity contribution is 5.24. The van der Waals surface area contributed by atoms with Gasteiger partial charge in [0.25, 0.3) is 0 Å². The van der Waals surface area contributed by atoms with Gasteiger partial charge in [-0.25, -0.2) is 0 Å². The Morgan fingerprint density at radius 3 is 2.13 bits per heavy atom. The van der Waals surface area contributed by atoms with Gasteiger partial charge in [-0.1, -0.05) is 12.1 Å². The second-order valence-electron chi connectivity index (χ2n) is 6.03. The summed E-state index contributed by atoms with van der Waals surface area (Å²) < 4.78 is 37.7. The molecule has 1 aliphatic heterocycles. The van der Waals surface area contributed by atoms with Crippen LogP contribution in [0.3, 0.4) is 0 Å². The van der Waals surface area contributed by atoms with Crippen LogP contribution in [0, 0.1) is 0 Å². The Morgan fingerprint density at radius 1 is 0.957 bits per heavy atom. The van der Waals surface area contributed by atoms with E-state index in [1.807, 2.05) is 12.4 Å². The van der Waals surface area contributed by atoms with Gasteiger partial charge in [0, 0.05) is 18.9 Å². The lowest BCUT2D eigenvalue weighted by atomic mass is 9.90. The molecule has 23 heavy (non-hydrogen) atoms. The van der Waals surface area contributed by atoms with E-state index in [1.165, 1.54) is 17.7 Å². The molecule has 0 radical (unpaired) electrons. The fourth-order valence-electron chi connectivity index (χ4n) is 3.12. The number of hydrogen-bond acceptors (Lipinski definition) is 2. The van der Waals surface area contributed by atoms with Crippen LogP contribution in [0.5, 0.6) is 0 Å². The average Bonchev–Trinajstić information content (AvgIpc) is 2.56. The molecule has 2 heterocycles. The van der Waals surface area contributed by atoms with Crippen molar-refractivity contribution in [1.82, 2.24) is 9.88 Å². The number of piperidine rings is 1. The van der Waals surface area contributed by atoms with E-state index in [0.29, 0.717) is 12.5 Å². The third-order valence-corrected chi connectivity index (χ3v) is 4.45. The third kappa shape index (κ3) is 4.10. The summed E-state index contributed by atoms with van der Waals surface area (Å²) in [6.45, 7) is 2.64. The SMILES string of the molecule is FC(F)(F)c1ccc(CN2CCC(c3ccncc3)CC2)cc1. The maximum atomic E-state index is 12.6. The van der Waals surface area contributed by atoms with E-state index in [-0.39, 0.29) is 0 Å². The standard InChI is InChI=1S/C18H19F3N2/c19-18(20,21)17-3-1-14(2-4-17)13-23-11-7-16(8-12-23)15-5-9-22-10-6-15/h1-6,9-10,16H,7-8,11-13H2. The van der Waals surface area contributed by atoms with Crippen molar-refractivity contribution in [2.75, 3.05) is 13.1 Å². The Bertz CT molecular complexity index is 615. The van der Waals surface area contributed by atoms with Crippen LogP contribution in [0.2, 0.25) is 0 Å².